The Hall–Kier alpha value is -1.91. The minimum atomic E-state index is 0.601. The van der Waals surface area contributed by atoms with Crippen molar-refractivity contribution in [2.75, 3.05) is 19.7 Å². The minimum Gasteiger partial charge on any atom is -0.494 e. The Morgan fingerprint density at radius 3 is 2.72 bits per heavy atom. The van der Waals surface area contributed by atoms with Crippen molar-refractivity contribution < 1.29 is 4.74 Å². The number of hydrogen-bond donors (Lipinski definition) is 1. The predicted molar refractivity (Wildman–Crippen MR) is 102 cm³/mol. The SMILES string of the molecule is CCOc1ccc(CN(Cc2ccccn2)[C@@H]2CCCNCC2)cc1. The zero-order valence-electron chi connectivity index (χ0n) is 15.2. The molecule has 1 N–H and O–H groups in total. The Balaban J connectivity index is 1.72. The second-order valence-electron chi connectivity index (χ2n) is 6.64. The number of aromatic nitrogens is 1. The van der Waals surface area contributed by atoms with Gasteiger partial charge >= 0.3 is 0 Å². The highest BCUT2D eigenvalue weighted by Gasteiger charge is 2.21. The van der Waals surface area contributed by atoms with Crippen molar-refractivity contribution in [2.45, 2.75) is 45.3 Å². The van der Waals surface area contributed by atoms with E-state index in [1.54, 1.807) is 0 Å². The molecule has 4 heteroatoms. The minimum absolute atomic E-state index is 0.601. The summed E-state index contributed by atoms with van der Waals surface area (Å²) >= 11 is 0. The van der Waals surface area contributed by atoms with Gasteiger partial charge in [-0.15, -0.1) is 0 Å². The van der Waals surface area contributed by atoms with Crippen LogP contribution in [0, 0.1) is 0 Å². The number of ether oxygens (including phenoxy) is 1. The van der Waals surface area contributed by atoms with Crippen molar-refractivity contribution >= 4 is 0 Å². The van der Waals surface area contributed by atoms with E-state index in [1.807, 2.05) is 19.2 Å². The normalized spacial score (nSPS) is 18.1. The fourth-order valence-electron chi connectivity index (χ4n) is 3.47. The summed E-state index contributed by atoms with van der Waals surface area (Å²) in [4.78, 5) is 7.13. The van der Waals surface area contributed by atoms with E-state index in [2.05, 4.69) is 51.6 Å². The van der Waals surface area contributed by atoms with Gasteiger partial charge in [-0.25, -0.2) is 0 Å². The molecule has 1 aliphatic heterocycles. The maximum absolute atomic E-state index is 5.56. The third-order valence-corrected chi connectivity index (χ3v) is 4.77. The van der Waals surface area contributed by atoms with Crippen LogP contribution in [0.5, 0.6) is 5.75 Å². The van der Waals surface area contributed by atoms with E-state index >= 15 is 0 Å². The highest BCUT2D eigenvalue weighted by atomic mass is 16.5. The molecule has 0 amide bonds. The molecule has 1 saturated heterocycles. The molecule has 3 rings (SSSR count). The van der Waals surface area contributed by atoms with Crippen molar-refractivity contribution in [1.29, 1.82) is 0 Å². The third-order valence-electron chi connectivity index (χ3n) is 4.77. The lowest BCUT2D eigenvalue weighted by atomic mass is 10.1. The Labute approximate surface area is 151 Å². The molecule has 0 saturated carbocycles. The molecule has 0 spiro atoms. The maximum Gasteiger partial charge on any atom is 0.119 e. The molecule has 134 valence electrons. The Kier molecular flexibility index (Phi) is 6.83. The van der Waals surface area contributed by atoms with Gasteiger partial charge in [0, 0.05) is 25.3 Å². The third kappa shape index (κ3) is 5.55. The molecule has 25 heavy (non-hydrogen) atoms. The van der Waals surface area contributed by atoms with Crippen LogP contribution >= 0.6 is 0 Å². The van der Waals surface area contributed by atoms with Crippen molar-refractivity contribution in [3.05, 3.63) is 59.9 Å². The zero-order chi connectivity index (χ0) is 17.3. The summed E-state index contributed by atoms with van der Waals surface area (Å²) in [6, 6.07) is 15.3. The first-order valence-electron chi connectivity index (χ1n) is 9.41. The van der Waals surface area contributed by atoms with Crippen molar-refractivity contribution in [2.24, 2.45) is 0 Å². The lowest BCUT2D eigenvalue weighted by Gasteiger charge is -2.31. The largest absolute Gasteiger partial charge is 0.494 e. The van der Waals surface area contributed by atoms with Gasteiger partial charge in [0.15, 0.2) is 0 Å². The van der Waals surface area contributed by atoms with E-state index < -0.39 is 0 Å². The molecule has 2 aromatic rings. The molecule has 1 fully saturated rings. The first-order valence-corrected chi connectivity index (χ1v) is 9.41. The Morgan fingerprint density at radius 2 is 1.96 bits per heavy atom. The van der Waals surface area contributed by atoms with Crippen molar-refractivity contribution in [1.82, 2.24) is 15.2 Å². The summed E-state index contributed by atoms with van der Waals surface area (Å²) in [6.45, 7) is 6.82. The van der Waals surface area contributed by atoms with Crippen LogP contribution in [0.15, 0.2) is 48.7 Å². The fraction of sp³-hybridized carbons (Fsp3) is 0.476. The molecule has 1 aromatic carbocycles. The molecule has 4 nitrogen and oxygen atoms in total. The van der Waals surface area contributed by atoms with E-state index in [1.165, 1.54) is 24.8 Å². The highest BCUT2D eigenvalue weighted by molar-refractivity contribution is 5.27. The van der Waals surface area contributed by atoms with Crippen LogP contribution in [-0.4, -0.2) is 35.6 Å². The van der Waals surface area contributed by atoms with Crippen molar-refractivity contribution in [3.63, 3.8) is 0 Å². The smallest absolute Gasteiger partial charge is 0.119 e. The van der Waals surface area contributed by atoms with Crippen LogP contribution in [0.25, 0.3) is 0 Å². The van der Waals surface area contributed by atoms with Crippen LogP contribution < -0.4 is 10.1 Å². The summed E-state index contributed by atoms with van der Waals surface area (Å²) in [7, 11) is 0. The van der Waals surface area contributed by atoms with Crippen LogP contribution in [0.2, 0.25) is 0 Å². The van der Waals surface area contributed by atoms with Crippen LogP contribution in [0.3, 0.4) is 0 Å². The topological polar surface area (TPSA) is 37.4 Å². The van der Waals surface area contributed by atoms with Gasteiger partial charge in [-0.2, -0.15) is 0 Å². The maximum atomic E-state index is 5.56. The predicted octanol–water partition coefficient (Wildman–Crippen LogP) is 3.62. The fourth-order valence-corrected chi connectivity index (χ4v) is 3.47. The number of benzene rings is 1. The first kappa shape index (κ1) is 17.9. The van der Waals surface area contributed by atoms with E-state index in [0.29, 0.717) is 12.6 Å². The summed E-state index contributed by atoms with van der Waals surface area (Å²) in [5.74, 6) is 0.946. The number of rotatable bonds is 7. The number of hydrogen-bond acceptors (Lipinski definition) is 4. The number of nitrogens with one attached hydrogen (secondary N) is 1. The molecule has 1 aliphatic rings. The van der Waals surface area contributed by atoms with Gasteiger partial charge in [0.25, 0.3) is 0 Å². The average Bonchev–Trinajstić information content (AvgIpc) is 2.93. The standard InChI is InChI=1S/C21H29N3O/c1-2-25-21-10-8-18(9-11-21)16-24(17-19-6-3-4-14-23-19)20-7-5-13-22-15-12-20/h3-4,6,8-11,14,20,22H,2,5,7,12-13,15-17H2,1H3/t20-/m1/s1. The van der Waals surface area contributed by atoms with E-state index in [9.17, 15) is 0 Å². The molecule has 0 unspecified atom stereocenters. The van der Waals surface area contributed by atoms with E-state index in [-0.39, 0.29) is 0 Å². The van der Waals surface area contributed by atoms with Crippen molar-refractivity contribution in [3.8, 4) is 5.75 Å². The number of nitrogens with zero attached hydrogens (tertiary/aromatic N) is 2. The molecule has 0 radical (unpaired) electrons. The molecule has 1 atom stereocenters. The van der Waals surface area contributed by atoms with Crippen LogP contribution in [0.1, 0.15) is 37.4 Å². The number of pyridine rings is 1. The Bertz CT molecular complexity index is 607. The Morgan fingerprint density at radius 1 is 1.08 bits per heavy atom. The summed E-state index contributed by atoms with van der Waals surface area (Å²) in [6.07, 6.45) is 5.58. The lowest BCUT2D eigenvalue weighted by Crippen LogP contribution is -2.35. The van der Waals surface area contributed by atoms with E-state index in [4.69, 9.17) is 4.74 Å². The molecular weight excluding hydrogens is 310 g/mol. The van der Waals surface area contributed by atoms with Gasteiger partial charge in [-0.3, -0.25) is 9.88 Å². The molecule has 0 aliphatic carbocycles. The summed E-state index contributed by atoms with van der Waals surface area (Å²) in [5.41, 5.74) is 2.47. The molecule has 2 heterocycles. The highest BCUT2D eigenvalue weighted by Crippen LogP contribution is 2.20. The molecular formula is C21H29N3O. The first-order chi connectivity index (χ1) is 12.3. The van der Waals surface area contributed by atoms with Gasteiger partial charge in [-0.05, 0) is 69.1 Å². The quantitative estimate of drug-likeness (QED) is 0.836. The second-order valence-corrected chi connectivity index (χ2v) is 6.64. The molecule has 0 bridgehead atoms. The van der Waals surface area contributed by atoms with Gasteiger partial charge < -0.3 is 10.1 Å². The summed E-state index contributed by atoms with van der Waals surface area (Å²) < 4.78 is 5.56. The second kappa shape index (κ2) is 9.54. The van der Waals surface area contributed by atoms with Crippen LogP contribution in [0.4, 0.5) is 0 Å². The van der Waals surface area contributed by atoms with Gasteiger partial charge in [0.1, 0.15) is 5.75 Å². The van der Waals surface area contributed by atoms with Gasteiger partial charge in [0.2, 0.25) is 0 Å². The van der Waals surface area contributed by atoms with Gasteiger partial charge in [-0.1, -0.05) is 18.2 Å². The lowest BCUT2D eigenvalue weighted by molar-refractivity contribution is 0.162. The zero-order valence-corrected chi connectivity index (χ0v) is 15.2. The van der Waals surface area contributed by atoms with E-state index in [0.717, 1.165) is 37.6 Å². The molecule has 1 aromatic heterocycles. The van der Waals surface area contributed by atoms with Gasteiger partial charge in [0.05, 0.1) is 12.3 Å². The van der Waals surface area contributed by atoms with Crippen LogP contribution in [-0.2, 0) is 13.1 Å². The monoisotopic (exact) mass is 339 g/mol. The summed E-state index contributed by atoms with van der Waals surface area (Å²) in [5, 5.41) is 3.52. The average molecular weight is 339 g/mol.